The molecule has 0 aliphatic rings. The van der Waals surface area contributed by atoms with Crippen molar-refractivity contribution in [3.8, 4) is 0 Å². The van der Waals surface area contributed by atoms with Crippen LogP contribution in [-0.4, -0.2) is 50.6 Å². The second-order valence-electron chi connectivity index (χ2n) is 4.60. The number of likely N-dealkylation sites (N-methyl/N-ethyl adjacent to an activating group) is 1. The number of nitrogens with one attached hydrogen (secondary N) is 1. The maximum Gasteiger partial charge on any atom is 0.305 e. The van der Waals surface area contributed by atoms with Crippen molar-refractivity contribution in [1.29, 1.82) is 0 Å². The number of hydrogen-bond donors (Lipinski definition) is 1. The molecule has 1 N–H and O–H groups in total. The van der Waals surface area contributed by atoms with E-state index in [9.17, 15) is 9.59 Å². The van der Waals surface area contributed by atoms with E-state index in [1.54, 1.807) is 11.3 Å². The van der Waals surface area contributed by atoms with Crippen LogP contribution in [0.3, 0.4) is 0 Å². The highest BCUT2D eigenvalue weighted by molar-refractivity contribution is 7.09. The Morgan fingerprint density at radius 1 is 1.45 bits per heavy atom. The van der Waals surface area contributed by atoms with Crippen molar-refractivity contribution in [2.45, 2.75) is 19.3 Å². The number of rotatable bonds is 9. The van der Waals surface area contributed by atoms with Gasteiger partial charge in [-0.3, -0.25) is 14.5 Å². The number of ether oxygens (including phenoxy) is 1. The SMILES string of the molecule is COC(=O)CCCN(C)CC(=O)NCCc1cccs1. The van der Waals surface area contributed by atoms with Crippen molar-refractivity contribution in [2.75, 3.05) is 33.8 Å². The summed E-state index contributed by atoms with van der Waals surface area (Å²) in [5, 5.41) is 4.93. The average Bonchev–Trinajstić information content (AvgIpc) is 2.91. The molecule has 0 bridgehead atoms. The molecule has 5 nitrogen and oxygen atoms in total. The van der Waals surface area contributed by atoms with Gasteiger partial charge in [0.25, 0.3) is 0 Å². The lowest BCUT2D eigenvalue weighted by Crippen LogP contribution is -2.36. The van der Waals surface area contributed by atoms with E-state index in [2.05, 4.69) is 16.1 Å². The maximum atomic E-state index is 11.7. The van der Waals surface area contributed by atoms with E-state index >= 15 is 0 Å². The minimum atomic E-state index is -0.209. The van der Waals surface area contributed by atoms with Crippen molar-refractivity contribution in [3.05, 3.63) is 22.4 Å². The van der Waals surface area contributed by atoms with Crippen LogP contribution in [-0.2, 0) is 20.7 Å². The molecule has 0 saturated heterocycles. The normalized spacial score (nSPS) is 10.6. The lowest BCUT2D eigenvalue weighted by molar-refractivity contribution is -0.140. The van der Waals surface area contributed by atoms with E-state index in [4.69, 9.17) is 0 Å². The maximum absolute atomic E-state index is 11.7. The molecule has 1 heterocycles. The van der Waals surface area contributed by atoms with E-state index in [1.807, 2.05) is 23.4 Å². The summed E-state index contributed by atoms with van der Waals surface area (Å²) in [6, 6.07) is 4.08. The predicted molar refractivity (Wildman–Crippen MR) is 79.8 cm³/mol. The highest BCUT2D eigenvalue weighted by atomic mass is 32.1. The first-order valence-corrected chi connectivity index (χ1v) is 7.54. The second-order valence-corrected chi connectivity index (χ2v) is 5.63. The topological polar surface area (TPSA) is 58.6 Å². The first kappa shape index (κ1) is 16.7. The van der Waals surface area contributed by atoms with Crippen LogP contribution in [0.25, 0.3) is 0 Å². The Hall–Kier alpha value is -1.40. The zero-order chi connectivity index (χ0) is 14.8. The van der Waals surface area contributed by atoms with E-state index in [0.29, 0.717) is 32.5 Å². The van der Waals surface area contributed by atoms with Crippen LogP contribution in [0.2, 0.25) is 0 Å². The molecule has 1 amide bonds. The van der Waals surface area contributed by atoms with Crippen LogP contribution < -0.4 is 5.32 Å². The molecule has 0 radical (unpaired) electrons. The zero-order valence-electron chi connectivity index (χ0n) is 12.1. The summed E-state index contributed by atoms with van der Waals surface area (Å²) in [7, 11) is 3.25. The Kier molecular flexibility index (Phi) is 7.91. The van der Waals surface area contributed by atoms with E-state index in [-0.39, 0.29) is 11.9 Å². The number of methoxy groups -OCH3 is 1. The van der Waals surface area contributed by atoms with Crippen molar-refractivity contribution >= 4 is 23.2 Å². The average molecular weight is 298 g/mol. The molecular weight excluding hydrogens is 276 g/mol. The smallest absolute Gasteiger partial charge is 0.305 e. The monoisotopic (exact) mass is 298 g/mol. The third-order valence-electron chi connectivity index (χ3n) is 2.84. The molecule has 0 aromatic carbocycles. The van der Waals surface area contributed by atoms with Gasteiger partial charge < -0.3 is 10.1 Å². The van der Waals surface area contributed by atoms with Gasteiger partial charge in [-0.1, -0.05) is 6.07 Å². The fourth-order valence-electron chi connectivity index (χ4n) is 1.76. The Bertz CT molecular complexity index is 407. The molecule has 0 aliphatic carbocycles. The number of carbonyl (C=O) groups excluding carboxylic acids is 2. The fourth-order valence-corrected chi connectivity index (χ4v) is 2.46. The van der Waals surface area contributed by atoms with Crippen molar-refractivity contribution in [1.82, 2.24) is 10.2 Å². The van der Waals surface area contributed by atoms with Crippen LogP contribution in [0.1, 0.15) is 17.7 Å². The predicted octanol–water partition coefficient (Wildman–Crippen LogP) is 1.29. The summed E-state index contributed by atoms with van der Waals surface area (Å²) < 4.78 is 4.57. The minimum absolute atomic E-state index is 0.0159. The molecule has 0 atom stereocenters. The Labute approximate surface area is 123 Å². The molecule has 20 heavy (non-hydrogen) atoms. The molecule has 6 heteroatoms. The Morgan fingerprint density at radius 2 is 2.25 bits per heavy atom. The summed E-state index contributed by atoms with van der Waals surface area (Å²) in [5.41, 5.74) is 0. The van der Waals surface area contributed by atoms with Crippen LogP contribution in [0.4, 0.5) is 0 Å². The number of carbonyl (C=O) groups is 2. The number of amides is 1. The number of hydrogen-bond acceptors (Lipinski definition) is 5. The van der Waals surface area contributed by atoms with Gasteiger partial charge in [0, 0.05) is 17.8 Å². The van der Waals surface area contributed by atoms with Crippen LogP contribution in [0.5, 0.6) is 0 Å². The van der Waals surface area contributed by atoms with Crippen LogP contribution in [0, 0.1) is 0 Å². The van der Waals surface area contributed by atoms with Gasteiger partial charge in [-0.05, 0) is 37.9 Å². The fraction of sp³-hybridized carbons (Fsp3) is 0.571. The van der Waals surface area contributed by atoms with Crippen LogP contribution >= 0.6 is 11.3 Å². The first-order chi connectivity index (χ1) is 9.61. The molecule has 0 spiro atoms. The molecule has 112 valence electrons. The van der Waals surface area contributed by atoms with Gasteiger partial charge in [-0.25, -0.2) is 0 Å². The summed E-state index contributed by atoms with van der Waals surface area (Å²) >= 11 is 1.70. The van der Waals surface area contributed by atoms with Gasteiger partial charge in [0.2, 0.25) is 5.91 Å². The zero-order valence-corrected chi connectivity index (χ0v) is 12.9. The highest BCUT2D eigenvalue weighted by Crippen LogP contribution is 2.07. The molecule has 1 aromatic rings. The van der Waals surface area contributed by atoms with Gasteiger partial charge in [0.05, 0.1) is 13.7 Å². The van der Waals surface area contributed by atoms with Gasteiger partial charge in [-0.15, -0.1) is 11.3 Å². The van der Waals surface area contributed by atoms with Crippen molar-refractivity contribution in [3.63, 3.8) is 0 Å². The number of nitrogens with zero attached hydrogens (tertiary/aromatic N) is 1. The summed E-state index contributed by atoms with van der Waals surface area (Å²) in [6.45, 7) is 1.72. The minimum Gasteiger partial charge on any atom is -0.469 e. The third-order valence-corrected chi connectivity index (χ3v) is 3.77. The summed E-state index contributed by atoms with van der Waals surface area (Å²) in [6.07, 6.45) is 1.96. The van der Waals surface area contributed by atoms with Gasteiger partial charge in [-0.2, -0.15) is 0 Å². The van der Waals surface area contributed by atoms with Gasteiger partial charge in [0.15, 0.2) is 0 Å². The van der Waals surface area contributed by atoms with E-state index in [1.165, 1.54) is 12.0 Å². The number of esters is 1. The lowest BCUT2D eigenvalue weighted by Gasteiger charge is -2.15. The van der Waals surface area contributed by atoms with Crippen molar-refractivity contribution in [2.24, 2.45) is 0 Å². The molecule has 0 unspecified atom stereocenters. The molecule has 0 saturated carbocycles. The van der Waals surface area contributed by atoms with Crippen LogP contribution in [0.15, 0.2) is 17.5 Å². The van der Waals surface area contributed by atoms with Gasteiger partial charge in [0.1, 0.15) is 0 Å². The summed E-state index contributed by atoms with van der Waals surface area (Å²) in [4.78, 5) is 25.8. The molecule has 1 aromatic heterocycles. The standard InChI is InChI=1S/C14H22N2O3S/c1-16(9-3-6-14(18)19-2)11-13(17)15-8-7-12-5-4-10-20-12/h4-5,10H,3,6-9,11H2,1-2H3,(H,15,17). The molecule has 0 aliphatic heterocycles. The molecular formula is C14H22N2O3S. The van der Waals surface area contributed by atoms with Crippen molar-refractivity contribution < 1.29 is 14.3 Å². The third kappa shape index (κ3) is 7.25. The number of thiophene rings is 1. The van der Waals surface area contributed by atoms with E-state index < -0.39 is 0 Å². The molecule has 0 fully saturated rings. The molecule has 1 rings (SSSR count). The Morgan fingerprint density at radius 3 is 2.90 bits per heavy atom. The van der Waals surface area contributed by atoms with Gasteiger partial charge >= 0.3 is 5.97 Å². The quantitative estimate of drug-likeness (QED) is 0.698. The largest absolute Gasteiger partial charge is 0.469 e. The lowest BCUT2D eigenvalue weighted by atomic mass is 10.3. The highest BCUT2D eigenvalue weighted by Gasteiger charge is 2.07. The first-order valence-electron chi connectivity index (χ1n) is 6.66. The second kappa shape index (κ2) is 9.50. The Balaban J connectivity index is 2.07. The summed E-state index contributed by atoms with van der Waals surface area (Å²) in [5.74, 6) is -0.194. The van der Waals surface area contributed by atoms with E-state index in [0.717, 1.165) is 6.42 Å².